The van der Waals surface area contributed by atoms with E-state index in [4.69, 9.17) is 16.3 Å². The fourth-order valence-electron chi connectivity index (χ4n) is 2.42. The summed E-state index contributed by atoms with van der Waals surface area (Å²) < 4.78 is 5.53. The number of amides is 2. The first-order chi connectivity index (χ1) is 12.4. The topological polar surface area (TPSA) is 67.4 Å². The molecule has 2 rings (SSSR count). The number of ether oxygens (including phenoxy) is 1. The Morgan fingerprint density at radius 2 is 1.73 bits per heavy atom. The number of nitrogens with one attached hydrogen (secondary N) is 2. The summed E-state index contributed by atoms with van der Waals surface area (Å²) in [6.07, 6.45) is 0. The molecule has 1 atom stereocenters. The molecule has 0 heterocycles. The zero-order valence-corrected chi connectivity index (χ0v) is 15.8. The van der Waals surface area contributed by atoms with Gasteiger partial charge in [0.25, 0.3) is 5.91 Å². The van der Waals surface area contributed by atoms with Gasteiger partial charge >= 0.3 is 0 Å². The van der Waals surface area contributed by atoms with Gasteiger partial charge in [0, 0.05) is 10.6 Å². The molecule has 0 saturated carbocycles. The normalized spacial score (nSPS) is 11.7. The van der Waals surface area contributed by atoms with E-state index in [-0.39, 0.29) is 17.7 Å². The minimum atomic E-state index is -0.687. The summed E-state index contributed by atoms with van der Waals surface area (Å²) in [5.74, 6) is -0.122. The second kappa shape index (κ2) is 9.25. The quantitative estimate of drug-likeness (QED) is 0.765. The van der Waals surface area contributed by atoms with Crippen LogP contribution in [0.5, 0.6) is 5.75 Å². The Balaban J connectivity index is 2.12. The minimum Gasteiger partial charge on any atom is -0.492 e. The molecule has 0 saturated heterocycles. The van der Waals surface area contributed by atoms with Gasteiger partial charge in [-0.15, -0.1) is 0 Å². The molecule has 0 aromatic heterocycles. The Morgan fingerprint density at radius 1 is 1.08 bits per heavy atom. The predicted octanol–water partition coefficient (Wildman–Crippen LogP) is 4.13. The summed E-state index contributed by atoms with van der Waals surface area (Å²) in [4.78, 5) is 25.2. The highest BCUT2D eigenvalue weighted by Crippen LogP contribution is 2.24. The predicted molar refractivity (Wildman–Crippen MR) is 104 cm³/mol. The van der Waals surface area contributed by atoms with E-state index in [9.17, 15) is 9.59 Å². The van der Waals surface area contributed by atoms with Gasteiger partial charge in [0.2, 0.25) is 5.91 Å². The SMILES string of the molecule is CCOc1ccccc1NC(=O)[C@H](NC(=O)c1ccc(Cl)cc1)C(C)C. The fraction of sp³-hybridized carbons (Fsp3) is 0.300. The van der Waals surface area contributed by atoms with Gasteiger partial charge in [-0.3, -0.25) is 9.59 Å². The van der Waals surface area contributed by atoms with Crippen molar-refractivity contribution >= 4 is 29.1 Å². The van der Waals surface area contributed by atoms with E-state index < -0.39 is 6.04 Å². The molecule has 2 aromatic rings. The molecule has 0 unspecified atom stereocenters. The average molecular weight is 375 g/mol. The summed E-state index contributed by atoms with van der Waals surface area (Å²) >= 11 is 5.85. The average Bonchev–Trinajstić information content (AvgIpc) is 2.61. The Hall–Kier alpha value is -2.53. The van der Waals surface area contributed by atoms with Crippen LogP contribution in [0.1, 0.15) is 31.1 Å². The molecule has 0 bridgehead atoms. The van der Waals surface area contributed by atoms with E-state index in [2.05, 4.69) is 10.6 Å². The third-order valence-electron chi connectivity index (χ3n) is 3.79. The van der Waals surface area contributed by atoms with E-state index >= 15 is 0 Å². The number of benzene rings is 2. The lowest BCUT2D eigenvalue weighted by Gasteiger charge is -2.22. The van der Waals surface area contributed by atoms with Gasteiger partial charge < -0.3 is 15.4 Å². The van der Waals surface area contributed by atoms with Crippen molar-refractivity contribution in [3.8, 4) is 5.75 Å². The zero-order valence-electron chi connectivity index (χ0n) is 15.1. The van der Waals surface area contributed by atoms with E-state index in [1.165, 1.54) is 0 Å². The molecule has 0 aliphatic rings. The maximum absolute atomic E-state index is 12.7. The summed E-state index contributed by atoms with van der Waals surface area (Å²) in [5, 5.41) is 6.18. The monoisotopic (exact) mass is 374 g/mol. The van der Waals surface area contributed by atoms with Crippen molar-refractivity contribution in [1.82, 2.24) is 5.32 Å². The Bertz CT molecular complexity index is 760. The lowest BCUT2D eigenvalue weighted by Crippen LogP contribution is -2.47. The molecule has 2 aromatic carbocycles. The molecular formula is C20H23ClN2O3. The second-order valence-electron chi connectivity index (χ2n) is 6.12. The van der Waals surface area contributed by atoms with Gasteiger partial charge in [0.1, 0.15) is 11.8 Å². The molecule has 6 heteroatoms. The molecule has 5 nitrogen and oxygen atoms in total. The molecule has 0 fully saturated rings. The molecule has 0 radical (unpaired) electrons. The third-order valence-corrected chi connectivity index (χ3v) is 4.04. The lowest BCUT2D eigenvalue weighted by molar-refractivity contribution is -0.118. The van der Waals surface area contributed by atoms with E-state index in [0.717, 1.165) is 0 Å². The summed E-state index contributed by atoms with van der Waals surface area (Å²) in [7, 11) is 0. The minimum absolute atomic E-state index is 0.0921. The summed E-state index contributed by atoms with van der Waals surface area (Å²) in [6, 6.07) is 13.0. The van der Waals surface area contributed by atoms with E-state index in [1.54, 1.807) is 36.4 Å². The smallest absolute Gasteiger partial charge is 0.251 e. The molecule has 0 aliphatic heterocycles. The van der Waals surface area contributed by atoms with Crippen molar-refractivity contribution in [1.29, 1.82) is 0 Å². The summed E-state index contributed by atoms with van der Waals surface area (Å²) in [6.45, 7) is 6.12. The Morgan fingerprint density at radius 3 is 2.35 bits per heavy atom. The first-order valence-corrected chi connectivity index (χ1v) is 8.89. The van der Waals surface area contributed by atoms with Crippen LogP contribution in [0.15, 0.2) is 48.5 Å². The molecule has 0 aliphatic carbocycles. The van der Waals surface area contributed by atoms with Gasteiger partial charge in [-0.25, -0.2) is 0 Å². The lowest BCUT2D eigenvalue weighted by atomic mass is 10.0. The number of para-hydroxylation sites is 2. The Labute approximate surface area is 158 Å². The van der Waals surface area contributed by atoms with Gasteiger partial charge in [-0.2, -0.15) is 0 Å². The highest BCUT2D eigenvalue weighted by Gasteiger charge is 2.25. The number of hydrogen-bond donors (Lipinski definition) is 2. The van der Waals surface area contributed by atoms with Crippen LogP contribution in [0.25, 0.3) is 0 Å². The van der Waals surface area contributed by atoms with Crippen LogP contribution in [0, 0.1) is 5.92 Å². The maximum Gasteiger partial charge on any atom is 0.251 e. The van der Waals surface area contributed by atoms with E-state index in [1.807, 2.05) is 32.9 Å². The zero-order chi connectivity index (χ0) is 19.1. The number of halogens is 1. The standard InChI is InChI=1S/C20H23ClN2O3/c1-4-26-17-8-6-5-7-16(17)22-20(25)18(13(2)3)23-19(24)14-9-11-15(21)12-10-14/h5-13,18H,4H2,1-3H3,(H,22,25)(H,23,24)/t18-/m1/s1. The second-order valence-corrected chi connectivity index (χ2v) is 6.56. The highest BCUT2D eigenvalue weighted by molar-refractivity contribution is 6.30. The van der Waals surface area contributed by atoms with Crippen LogP contribution in [-0.2, 0) is 4.79 Å². The number of hydrogen-bond acceptors (Lipinski definition) is 3. The fourth-order valence-corrected chi connectivity index (χ4v) is 2.55. The van der Waals surface area contributed by atoms with Crippen LogP contribution in [0.2, 0.25) is 5.02 Å². The summed E-state index contributed by atoms with van der Waals surface area (Å²) in [5.41, 5.74) is 1.02. The van der Waals surface area contributed by atoms with Crippen molar-refractivity contribution < 1.29 is 14.3 Å². The number of carbonyl (C=O) groups excluding carboxylic acids is 2. The van der Waals surface area contributed by atoms with Crippen molar-refractivity contribution in [3.63, 3.8) is 0 Å². The molecule has 26 heavy (non-hydrogen) atoms. The van der Waals surface area contributed by atoms with Crippen molar-refractivity contribution in [3.05, 3.63) is 59.1 Å². The Kier molecular flexibility index (Phi) is 7.04. The van der Waals surface area contributed by atoms with Crippen LogP contribution in [0.3, 0.4) is 0 Å². The first kappa shape index (κ1) is 19.8. The highest BCUT2D eigenvalue weighted by atomic mass is 35.5. The maximum atomic E-state index is 12.7. The van der Waals surface area contributed by atoms with Gasteiger partial charge in [0.05, 0.1) is 12.3 Å². The van der Waals surface area contributed by atoms with Gasteiger partial charge in [0.15, 0.2) is 0 Å². The van der Waals surface area contributed by atoms with Crippen LogP contribution in [0.4, 0.5) is 5.69 Å². The number of anilines is 1. The molecule has 0 spiro atoms. The first-order valence-electron chi connectivity index (χ1n) is 8.51. The van der Waals surface area contributed by atoms with Gasteiger partial charge in [-0.1, -0.05) is 37.6 Å². The van der Waals surface area contributed by atoms with Crippen LogP contribution in [-0.4, -0.2) is 24.5 Å². The van der Waals surface area contributed by atoms with Crippen molar-refractivity contribution in [2.75, 3.05) is 11.9 Å². The van der Waals surface area contributed by atoms with Gasteiger partial charge in [-0.05, 0) is 49.2 Å². The molecule has 138 valence electrons. The van der Waals surface area contributed by atoms with Crippen molar-refractivity contribution in [2.24, 2.45) is 5.92 Å². The largest absolute Gasteiger partial charge is 0.492 e. The van der Waals surface area contributed by atoms with Crippen molar-refractivity contribution in [2.45, 2.75) is 26.8 Å². The molecule has 2 amide bonds. The van der Waals surface area contributed by atoms with Crippen LogP contribution >= 0.6 is 11.6 Å². The van der Waals surface area contributed by atoms with E-state index in [0.29, 0.717) is 28.6 Å². The number of rotatable bonds is 7. The molecule has 2 N–H and O–H groups in total. The number of carbonyl (C=O) groups is 2. The van der Waals surface area contributed by atoms with Crippen LogP contribution < -0.4 is 15.4 Å². The third kappa shape index (κ3) is 5.23. The molecular weight excluding hydrogens is 352 g/mol.